The summed E-state index contributed by atoms with van der Waals surface area (Å²) >= 11 is 0. The first-order chi connectivity index (χ1) is 8.91. The van der Waals surface area contributed by atoms with E-state index in [1.54, 1.807) is 0 Å². The van der Waals surface area contributed by atoms with E-state index in [-0.39, 0.29) is 12.5 Å². The van der Waals surface area contributed by atoms with Crippen molar-refractivity contribution in [2.75, 3.05) is 13.1 Å². The number of rotatable bonds is 9. The van der Waals surface area contributed by atoms with Crippen LogP contribution >= 0.6 is 0 Å². The van der Waals surface area contributed by atoms with Crippen LogP contribution in [-0.2, 0) is 9.59 Å². The zero-order valence-electron chi connectivity index (χ0n) is 11.9. The number of hydrogen-bond acceptors (Lipinski definition) is 3. The summed E-state index contributed by atoms with van der Waals surface area (Å²) in [6.07, 6.45) is 3.55. The fourth-order valence-corrected chi connectivity index (χ4v) is 2.31. The van der Waals surface area contributed by atoms with Crippen LogP contribution in [0.5, 0.6) is 0 Å². The maximum Gasteiger partial charge on any atom is 0.311 e. The third kappa shape index (κ3) is 4.82. The Morgan fingerprint density at radius 2 is 1.95 bits per heavy atom. The molecule has 0 heterocycles. The first-order valence-corrected chi connectivity index (χ1v) is 7.11. The second-order valence-corrected chi connectivity index (χ2v) is 5.98. The Labute approximate surface area is 114 Å². The third-order valence-electron chi connectivity index (χ3n) is 4.15. The summed E-state index contributed by atoms with van der Waals surface area (Å²) in [5, 5.41) is 11.8. The van der Waals surface area contributed by atoms with Crippen molar-refractivity contribution in [3.05, 3.63) is 0 Å². The van der Waals surface area contributed by atoms with Gasteiger partial charge in [0.15, 0.2) is 0 Å². The minimum absolute atomic E-state index is 0.0461. The molecule has 0 aliphatic heterocycles. The van der Waals surface area contributed by atoms with E-state index in [4.69, 9.17) is 10.8 Å². The lowest BCUT2D eigenvalue weighted by Crippen LogP contribution is -2.34. The van der Waals surface area contributed by atoms with Crippen LogP contribution in [0.2, 0.25) is 0 Å². The van der Waals surface area contributed by atoms with Crippen molar-refractivity contribution in [1.29, 1.82) is 0 Å². The Hall–Kier alpha value is -1.10. The number of nitrogens with one attached hydrogen (secondary N) is 1. The number of amides is 1. The number of carboxylic acids is 1. The Kier molecular flexibility index (Phi) is 5.79. The molecule has 1 atom stereocenters. The number of carbonyl (C=O) groups excluding carboxylic acids is 1. The number of carboxylic acid groups (broad SMARTS) is 1. The molecular formula is C14H26N2O3. The van der Waals surface area contributed by atoms with Crippen LogP contribution in [0.1, 0.15) is 46.0 Å². The van der Waals surface area contributed by atoms with E-state index in [9.17, 15) is 9.59 Å². The molecule has 1 aliphatic carbocycles. The zero-order valence-corrected chi connectivity index (χ0v) is 11.9. The second-order valence-electron chi connectivity index (χ2n) is 5.98. The average Bonchev–Trinajstić information content (AvgIpc) is 3.12. The van der Waals surface area contributed by atoms with E-state index >= 15 is 0 Å². The lowest BCUT2D eigenvalue weighted by atomic mass is 9.88. The summed E-state index contributed by atoms with van der Waals surface area (Å²) in [7, 11) is 0. The molecule has 4 N–H and O–H groups in total. The largest absolute Gasteiger partial charge is 0.481 e. The SMILES string of the molecule is CC(C)C(CCN)CCC(=O)NCC1(C(=O)O)CC1. The zero-order chi connectivity index (χ0) is 14.5. The summed E-state index contributed by atoms with van der Waals surface area (Å²) in [5.74, 6) is 0.140. The summed E-state index contributed by atoms with van der Waals surface area (Å²) in [4.78, 5) is 22.7. The highest BCUT2D eigenvalue weighted by molar-refractivity contribution is 5.80. The molecule has 1 fully saturated rings. The van der Waals surface area contributed by atoms with E-state index < -0.39 is 11.4 Å². The van der Waals surface area contributed by atoms with Crippen molar-refractivity contribution in [3.8, 4) is 0 Å². The van der Waals surface area contributed by atoms with Crippen LogP contribution < -0.4 is 11.1 Å². The molecule has 1 rings (SSSR count). The highest BCUT2D eigenvalue weighted by atomic mass is 16.4. The molecule has 0 spiro atoms. The second kappa shape index (κ2) is 6.89. The summed E-state index contributed by atoms with van der Waals surface area (Å²) in [6.45, 7) is 5.20. The summed E-state index contributed by atoms with van der Waals surface area (Å²) in [5.41, 5.74) is 4.89. The predicted octanol–water partition coefficient (Wildman–Crippen LogP) is 1.37. The number of carbonyl (C=O) groups is 2. The minimum atomic E-state index is -0.795. The lowest BCUT2D eigenvalue weighted by molar-refractivity contribution is -0.143. The normalized spacial score (nSPS) is 18.1. The monoisotopic (exact) mass is 270 g/mol. The topological polar surface area (TPSA) is 92.4 Å². The van der Waals surface area contributed by atoms with Crippen molar-refractivity contribution in [2.45, 2.75) is 46.0 Å². The van der Waals surface area contributed by atoms with E-state index in [0.29, 0.717) is 37.6 Å². The molecule has 5 nitrogen and oxygen atoms in total. The van der Waals surface area contributed by atoms with Gasteiger partial charge in [-0.2, -0.15) is 0 Å². The van der Waals surface area contributed by atoms with Crippen molar-refractivity contribution < 1.29 is 14.7 Å². The highest BCUT2D eigenvalue weighted by Crippen LogP contribution is 2.45. The molecule has 0 aromatic carbocycles. The fourth-order valence-electron chi connectivity index (χ4n) is 2.31. The van der Waals surface area contributed by atoms with Crippen LogP contribution in [0.4, 0.5) is 0 Å². The van der Waals surface area contributed by atoms with Gasteiger partial charge >= 0.3 is 5.97 Å². The van der Waals surface area contributed by atoms with Gasteiger partial charge in [0.2, 0.25) is 5.91 Å². The van der Waals surface area contributed by atoms with Crippen LogP contribution in [-0.4, -0.2) is 30.1 Å². The van der Waals surface area contributed by atoms with Gasteiger partial charge in [0.25, 0.3) is 0 Å². The number of aliphatic carboxylic acids is 1. The highest BCUT2D eigenvalue weighted by Gasteiger charge is 2.50. The molecule has 1 aliphatic rings. The fraction of sp³-hybridized carbons (Fsp3) is 0.857. The van der Waals surface area contributed by atoms with Crippen LogP contribution in [0.25, 0.3) is 0 Å². The predicted molar refractivity (Wildman–Crippen MR) is 73.5 cm³/mol. The van der Waals surface area contributed by atoms with E-state index in [1.807, 2.05) is 0 Å². The minimum Gasteiger partial charge on any atom is -0.481 e. The van der Waals surface area contributed by atoms with E-state index in [2.05, 4.69) is 19.2 Å². The molecule has 0 bridgehead atoms. The van der Waals surface area contributed by atoms with Gasteiger partial charge in [0.1, 0.15) is 0 Å². The quantitative estimate of drug-likeness (QED) is 0.590. The van der Waals surface area contributed by atoms with E-state index in [0.717, 1.165) is 12.8 Å². The molecule has 0 saturated heterocycles. The van der Waals surface area contributed by atoms with E-state index in [1.165, 1.54) is 0 Å². The van der Waals surface area contributed by atoms with Gasteiger partial charge in [-0.05, 0) is 44.1 Å². The van der Waals surface area contributed by atoms with Crippen molar-refractivity contribution in [3.63, 3.8) is 0 Å². The molecule has 1 unspecified atom stereocenters. The molecule has 110 valence electrons. The molecule has 5 heteroatoms. The molecule has 0 aromatic heterocycles. The van der Waals surface area contributed by atoms with Gasteiger partial charge in [-0.3, -0.25) is 9.59 Å². The van der Waals surface area contributed by atoms with Gasteiger partial charge in [0, 0.05) is 13.0 Å². The Morgan fingerprint density at radius 3 is 2.37 bits per heavy atom. The van der Waals surface area contributed by atoms with Crippen LogP contribution in [0.15, 0.2) is 0 Å². The Morgan fingerprint density at radius 1 is 1.32 bits per heavy atom. The molecule has 0 aromatic rings. The van der Waals surface area contributed by atoms with Gasteiger partial charge in [-0.25, -0.2) is 0 Å². The maximum atomic E-state index is 11.7. The van der Waals surface area contributed by atoms with Gasteiger partial charge < -0.3 is 16.2 Å². The molecule has 19 heavy (non-hydrogen) atoms. The summed E-state index contributed by atoms with van der Waals surface area (Å²) < 4.78 is 0. The molecular weight excluding hydrogens is 244 g/mol. The van der Waals surface area contributed by atoms with Gasteiger partial charge in [-0.15, -0.1) is 0 Å². The van der Waals surface area contributed by atoms with Crippen LogP contribution in [0, 0.1) is 17.3 Å². The number of nitrogens with two attached hydrogens (primary N) is 1. The molecule has 1 amide bonds. The average molecular weight is 270 g/mol. The Bertz CT molecular complexity index is 325. The standard InChI is InChI=1S/C14H26N2O3/c1-10(2)11(5-8-15)3-4-12(17)16-9-14(6-7-14)13(18)19/h10-11H,3-9,15H2,1-2H3,(H,16,17)(H,18,19). The number of hydrogen-bond donors (Lipinski definition) is 3. The Balaban J connectivity index is 2.26. The maximum absolute atomic E-state index is 11.7. The van der Waals surface area contributed by atoms with Crippen molar-refractivity contribution >= 4 is 11.9 Å². The van der Waals surface area contributed by atoms with Gasteiger partial charge in [0.05, 0.1) is 5.41 Å². The first-order valence-electron chi connectivity index (χ1n) is 7.11. The van der Waals surface area contributed by atoms with Crippen molar-refractivity contribution in [2.24, 2.45) is 23.0 Å². The first kappa shape index (κ1) is 16.0. The van der Waals surface area contributed by atoms with Crippen molar-refractivity contribution in [1.82, 2.24) is 5.32 Å². The molecule has 0 radical (unpaired) electrons. The van der Waals surface area contributed by atoms with Crippen LogP contribution in [0.3, 0.4) is 0 Å². The smallest absolute Gasteiger partial charge is 0.311 e. The lowest BCUT2D eigenvalue weighted by Gasteiger charge is -2.20. The summed E-state index contributed by atoms with van der Waals surface area (Å²) in [6, 6.07) is 0. The molecule has 1 saturated carbocycles. The van der Waals surface area contributed by atoms with Gasteiger partial charge in [-0.1, -0.05) is 13.8 Å². The third-order valence-corrected chi connectivity index (χ3v) is 4.15.